The normalized spacial score (nSPS) is 11.7. The van der Waals surface area contributed by atoms with E-state index in [-0.39, 0.29) is 10.8 Å². The smallest absolute Gasteiger partial charge is 0.226 e. The summed E-state index contributed by atoms with van der Waals surface area (Å²) in [6.07, 6.45) is 2.10. The zero-order valence-electron chi connectivity index (χ0n) is 17.4. The Bertz CT molecular complexity index is 1370. The number of hydrogen-bond acceptors (Lipinski definition) is 6. The number of rotatable bonds is 6. The largest absolute Gasteiger partial charge is 0.302 e. The molecular formula is C22H22N4O3S2. The molecule has 0 saturated heterocycles. The number of anilines is 1. The fraction of sp³-hybridized carbons (Fsp3) is 0.227. The molecule has 0 unspecified atom stereocenters. The molecule has 31 heavy (non-hydrogen) atoms. The minimum Gasteiger partial charge on any atom is -0.302 e. The van der Waals surface area contributed by atoms with Gasteiger partial charge in [-0.05, 0) is 62.2 Å². The number of amides is 1. The van der Waals surface area contributed by atoms with Crippen LogP contribution < -0.4 is 5.32 Å². The van der Waals surface area contributed by atoms with Crippen LogP contribution in [-0.2, 0) is 21.1 Å². The topological polar surface area (TPSA) is 94.0 Å². The maximum atomic E-state index is 12.4. The average Bonchev–Trinajstić information content (AvgIpc) is 3.27. The first-order valence-electron chi connectivity index (χ1n) is 9.72. The van der Waals surface area contributed by atoms with E-state index < -0.39 is 9.84 Å². The number of carbonyl (C=O) groups is 1. The summed E-state index contributed by atoms with van der Waals surface area (Å²) in [6.45, 7) is 3.98. The lowest BCUT2D eigenvalue weighted by atomic mass is 10.1. The van der Waals surface area contributed by atoms with Gasteiger partial charge in [-0.1, -0.05) is 23.5 Å². The Morgan fingerprint density at radius 3 is 2.48 bits per heavy atom. The van der Waals surface area contributed by atoms with E-state index in [1.165, 1.54) is 23.7 Å². The highest BCUT2D eigenvalue weighted by Crippen LogP contribution is 2.28. The van der Waals surface area contributed by atoms with E-state index in [9.17, 15) is 13.2 Å². The van der Waals surface area contributed by atoms with Gasteiger partial charge in [-0.3, -0.25) is 4.79 Å². The molecule has 7 nitrogen and oxygen atoms in total. The summed E-state index contributed by atoms with van der Waals surface area (Å²) in [7, 11) is -3.28. The molecular weight excluding hydrogens is 432 g/mol. The number of carbonyl (C=O) groups excluding carboxylic acids is 1. The Kier molecular flexibility index (Phi) is 5.63. The van der Waals surface area contributed by atoms with Gasteiger partial charge in [-0.15, -0.1) is 0 Å². The molecule has 0 saturated carbocycles. The molecule has 0 bridgehead atoms. The highest BCUT2D eigenvalue weighted by atomic mass is 32.2. The van der Waals surface area contributed by atoms with Crippen LogP contribution in [-0.4, -0.2) is 35.3 Å². The third kappa shape index (κ3) is 4.83. The lowest BCUT2D eigenvalue weighted by Gasteiger charge is -2.06. The number of hydrogen-bond donors (Lipinski definition) is 1. The first-order valence-corrected chi connectivity index (χ1v) is 12.4. The van der Waals surface area contributed by atoms with Crippen LogP contribution in [0.25, 0.3) is 15.9 Å². The second-order valence-electron chi connectivity index (χ2n) is 7.47. The van der Waals surface area contributed by atoms with Gasteiger partial charge in [0.2, 0.25) is 5.91 Å². The molecule has 0 fully saturated rings. The highest BCUT2D eigenvalue weighted by Gasteiger charge is 2.12. The third-order valence-electron chi connectivity index (χ3n) is 4.87. The number of thiazole rings is 1. The lowest BCUT2D eigenvalue weighted by molar-refractivity contribution is -0.116. The van der Waals surface area contributed by atoms with E-state index in [4.69, 9.17) is 0 Å². The second-order valence-corrected chi connectivity index (χ2v) is 10.5. The average molecular weight is 455 g/mol. The SMILES string of the molecule is Cc1cc(C)n(-c2ccc(CCC(=O)Nc3nc4ccc(S(C)(=O)=O)cc4s3)cc2)n1. The molecule has 0 radical (unpaired) electrons. The van der Waals surface area contributed by atoms with Gasteiger partial charge in [-0.25, -0.2) is 18.1 Å². The van der Waals surface area contributed by atoms with Crippen molar-refractivity contribution in [3.63, 3.8) is 0 Å². The zero-order chi connectivity index (χ0) is 22.2. The quantitative estimate of drug-likeness (QED) is 0.474. The summed E-state index contributed by atoms with van der Waals surface area (Å²) in [5.74, 6) is -0.134. The van der Waals surface area contributed by atoms with E-state index >= 15 is 0 Å². The van der Waals surface area contributed by atoms with Crippen molar-refractivity contribution in [2.75, 3.05) is 11.6 Å². The number of nitrogens with one attached hydrogen (secondary N) is 1. The maximum Gasteiger partial charge on any atom is 0.226 e. The molecule has 0 spiro atoms. The van der Waals surface area contributed by atoms with Crippen LogP contribution in [0, 0.1) is 13.8 Å². The van der Waals surface area contributed by atoms with E-state index in [0.29, 0.717) is 23.5 Å². The monoisotopic (exact) mass is 454 g/mol. The molecule has 1 N–H and O–H groups in total. The lowest BCUT2D eigenvalue weighted by Crippen LogP contribution is -2.12. The van der Waals surface area contributed by atoms with Crippen LogP contribution in [0.2, 0.25) is 0 Å². The maximum absolute atomic E-state index is 12.4. The Labute approximate surface area is 184 Å². The number of fused-ring (bicyclic) bond motifs is 1. The number of benzene rings is 2. The van der Waals surface area contributed by atoms with Gasteiger partial charge < -0.3 is 5.32 Å². The minimum atomic E-state index is -3.28. The standard InChI is InChI=1S/C22H22N4O3S2/c1-14-12-15(2)26(25-14)17-7-4-16(5-8-17)6-11-21(27)24-22-23-19-10-9-18(31(3,28)29)13-20(19)30-22/h4-5,7-10,12-13H,6,11H2,1-3H3,(H,23,24,27). The van der Waals surface area contributed by atoms with Crippen LogP contribution in [0.15, 0.2) is 53.4 Å². The molecule has 1 amide bonds. The Morgan fingerprint density at radius 1 is 1.10 bits per heavy atom. The molecule has 2 heterocycles. The van der Waals surface area contributed by atoms with Gasteiger partial charge in [0.1, 0.15) is 0 Å². The van der Waals surface area contributed by atoms with Crippen LogP contribution in [0.3, 0.4) is 0 Å². The van der Waals surface area contributed by atoms with E-state index in [0.717, 1.165) is 27.3 Å². The van der Waals surface area contributed by atoms with Gasteiger partial charge >= 0.3 is 0 Å². The van der Waals surface area contributed by atoms with Gasteiger partial charge in [0.25, 0.3) is 0 Å². The third-order valence-corrected chi connectivity index (χ3v) is 6.91. The van der Waals surface area contributed by atoms with Crippen molar-refractivity contribution in [3.8, 4) is 5.69 Å². The van der Waals surface area contributed by atoms with E-state index in [1.54, 1.807) is 12.1 Å². The number of nitrogens with zero attached hydrogens (tertiary/aromatic N) is 3. The minimum absolute atomic E-state index is 0.134. The first-order chi connectivity index (χ1) is 14.7. The number of aryl methyl sites for hydroxylation is 3. The van der Waals surface area contributed by atoms with Crippen LogP contribution in [0.4, 0.5) is 5.13 Å². The summed E-state index contributed by atoms with van der Waals surface area (Å²) in [6, 6.07) is 14.8. The van der Waals surface area contributed by atoms with Crippen molar-refractivity contribution < 1.29 is 13.2 Å². The predicted octanol–water partition coefficient (Wildman–Crippen LogP) is 4.07. The van der Waals surface area contributed by atoms with Crippen molar-refractivity contribution in [3.05, 3.63) is 65.5 Å². The van der Waals surface area contributed by atoms with Crippen molar-refractivity contribution in [1.82, 2.24) is 14.8 Å². The summed E-state index contributed by atoms with van der Waals surface area (Å²) in [4.78, 5) is 17.0. The summed E-state index contributed by atoms with van der Waals surface area (Å²) in [5, 5.41) is 7.76. The molecule has 9 heteroatoms. The second kappa shape index (κ2) is 8.24. The highest BCUT2D eigenvalue weighted by molar-refractivity contribution is 7.90. The molecule has 160 valence electrons. The van der Waals surface area contributed by atoms with E-state index in [2.05, 4.69) is 15.4 Å². The van der Waals surface area contributed by atoms with Gasteiger partial charge in [0.05, 0.1) is 26.5 Å². The molecule has 4 rings (SSSR count). The summed E-state index contributed by atoms with van der Waals surface area (Å²) < 4.78 is 26.0. The molecule has 4 aromatic rings. The number of sulfone groups is 1. The van der Waals surface area contributed by atoms with Crippen molar-refractivity contribution in [1.29, 1.82) is 0 Å². The van der Waals surface area contributed by atoms with Gasteiger partial charge in [0.15, 0.2) is 15.0 Å². The molecule has 0 aliphatic carbocycles. The molecule has 2 aromatic heterocycles. The van der Waals surface area contributed by atoms with Crippen molar-refractivity contribution >= 4 is 42.4 Å². The predicted molar refractivity (Wildman–Crippen MR) is 123 cm³/mol. The van der Waals surface area contributed by atoms with Crippen LogP contribution in [0.1, 0.15) is 23.4 Å². The fourth-order valence-corrected chi connectivity index (χ4v) is 4.97. The summed E-state index contributed by atoms with van der Waals surface area (Å²) in [5.41, 5.74) is 4.75. The summed E-state index contributed by atoms with van der Waals surface area (Å²) >= 11 is 1.26. The van der Waals surface area contributed by atoms with Gasteiger partial charge in [-0.2, -0.15) is 5.10 Å². The molecule has 0 aliphatic rings. The Balaban J connectivity index is 1.38. The van der Waals surface area contributed by atoms with Gasteiger partial charge in [0, 0.05) is 18.4 Å². The fourth-order valence-electron chi connectivity index (χ4n) is 3.32. The Hall–Kier alpha value is -3.04. The molecule has 0 aliphatic heterocycles. The van der Waals surface area contributed by atoms with Crippen molar-refractivity contribution in [2.45, 2.75) is 31.6 Å². The van der Waals surface area contributed by atoms with Crippen molar-refractivity contribution in [2.24, 2.45) is 0 Å². The molecule has 2 aromatic carbocycles. The van der Waals surface area contributed by atoms with Crippen LogP contribution >= 0.6 is 11.3 Å². The zero-order valence-corrected chi connectivity index (χ0v) is 19.0. The van der Waals surface area contributed by atoms with Crippen LogP contribution in [0.5, 0.6) is 0 Å². The van der Waals surface area contributed by atoms with E-state index in [1.807, 2.05) is 48.9 Å². The number of aromatic nitrogens is 3. The first kappa shape index (κ1) is 21.2. The Morgan fingerprint density at radius 2 is 1.84 bits per heavy atom. The molecule has 0 atom stereocenters.